The minimum atomic E-state index is -4.57. The van der Waals surface area contributed by atoms with Gasteiger partial charge in [-0.05, 0) is 36.4 Å². The smallest absolute Gasteiger partial charge is 0.416 e. The first-order chi connectivity index (χ1) is 13.4. The van der Waals surface area contributed by atoms with Crippen LogP contribution in [-0.2, 0) is 11.0 Å². The number of nitrogens with one attached hydrogen (secondary N) is 1. The van der Waals surface area contributed by atoms with Gasteiger partial charge >= 0.3 is 6.18 Å². The average molecular weight is 387 g/mol. The number of halogens is 3. The normalized spacial score (nSPS) is 10.9. The van der Waals surface area contributed by atoms with Gasteiger partial charge in [0.1, 0.15) is 18.4 Å². The number of alkyl halides is 3. The zero-order valence-electron chi connectivity index (χ0n) is 14.1. The molecule has 2 aromatic carbocycles. The van der Waals surface area contributed by atoms with E-state index in [9.17, 15) is 18.0 Å². The molecular formula is C18H12F3N5O2. The fourth-order valence-electron chi connectivity index (χ4n) is 2.34. The molecule has 3 rings (SSSR count). The zero-order chi connectivity index (χ0) is 20.1. The summed E-state index contributed by atoms with van der Waals surface area (Å²) in [5, 5.41) is 15.1. The topological polar surface area (TPSA) is 92.8 Å². The molecule has 0 saturated carbocycles. The Kier molecular flexibility index (Phi) is 5.26. The number of rotatable bonds is 5. The Hall–Kier alpha value is -3.87. The van der Waals surface area contributed by atoms with E-state index in [-0.39, 0.29) is 17.1 Å². The van der Waals surface area contributed by atoms with Gasteiger partial charge < -0.3 is 10.1 Å². The average Bonchev–Trinajstić information content (AvgIpc) is 3.20. The number of amides is 1. The summed E-state index contributed by atoms with van der Waals surface area (Å²) < 4.78 is 45.6. The van der Waals surface area contributed by atoms with Gasteiger partial charge in [0.15, 0.2) is 6.61 Å². The molecule has 3 aromatic rings. The summed E-state index contributed by atoms with van der Waals surface area (Å²) in [6, 6.07) is 11.0. The van der Waals surface area contributed by atoms with Crippen LogP contribution in [0, 0.1) is 11.3 Å². The third kappa shape index (κ3) is 4.45. The van der Waals surface area contributed by atoms with E-state index < -0.39 is 24.3 Å². The van der Waals surface area contributed by atoms with Crippen molar-refractivity contribution in [1.82, 2.24) is 14.8 Å². The monoisotopic (exact) mass is 387 g/mol. The summed E-state index contributed by atoms with van der Waals surface area (Å²) in [7, 11) is 0. The highest BCUT2D eigenvalue weighted by Gasteiger charge is 2.31. The van der Waals surface area contributed by atoms with Gasteiger partial charge in [-0.3, -0.25) is 4.79 Å². The minimum absolute atomic E-state index is 0.0975. The number of ether oxygens (including phenoxy) is 1. The van der Waals surface area contributed by atoms with Crippen molar-refractivity contribution < 1.29 is 22.7 Å². The molecule has 1 N–H and O–H groups in total. The van der Waals surface area contributed by atoms with E-state index in [2.05, 4.69) is 15.4 Å². The van der Waals surface area contributed by atoms with Gasteiger partial charge in [0.25, 0.3) is 5.91 Å². The molecule has 7 nitrogen and oxygen atoms in total. The zero-order valence-corrected chi connectivity index (χ0v) is 14.1. The highest BCUT2D eigenvalue weighted by molar-refractivity contribution is 5.94. The van der Waals surface area contributed by atoms with Gasteiger partial charge in [-0.15, -0.1) is 0 Å². The van der Waals surface area contributed by atoms with E-state index in [1.54, 1.807) is 18.2 Å². The van der Waals surface area contributed by atoms with E-state index in [1.807, 2.05) is 6.07 Å². The Bertz CT molecular complexity index is 1030. The molecule has 0 bridgehead atoms. The second-order valence-corrected chi connectivity index (χ2v) is 5.55. The number of nitrogens with zero attached hydrogens (tertiary/aromatic N) is 4. The maximum absolute atomic E-state index is 13.0. The molecule has 28 heavy (non-hydrogen) atoms. The van der Waals surface area contributed by atoms with Gasteiger partial charge in [0.2, 0.25) is 0 Å². The lowest BCUT2D eigenvalue weighted by Crippen LogP contribution is -2.21. The molecule has 0 unspecified atom stereocenters. The number of anilines is 1. The van der Waals surface area contributed by atoms with Crippen molar-refractivity contribution in [2.24, 2.45) is 0 Å². The lowest BCUT2D eigenvalue weighted by Gasteiger charge is -2.14. The number of carbonyl (C=O) groups is 1. The fourth-order valence-corrected chi connectivity index (χ4v) is 2.34. The maximum Gasteiger partial charge on any atom is 0.416 e. The number of benzene rings is 2. The van der Waals surface area contributed by atoms with Crippen LogP contribution in [-0.4, -0.2) is 27.3 Å². The summed E-state index contributed by atoms with van der Waals surface area (Å²) >= 11 is 0. The first-order valence-electron chi connectivity index (χ1n) is 7.86. The first-order valence-corrected chi connectivity index (χ1v) is 7.86. The van der Waals surface area contributed by atoms with Crippen LogP contribution < -0.4 is 10.1 Å². The third-order valence-corrected chi connectivity index (χ3v) is 3.60. The number of aromatic nitrogens is 3. The molecule has 1 aromatic heterocycles. The highest BCUT2D eigenvalue weighted by Crippen LogP contribution is 2.33. The van der Waals surface area contributed by atoms with Crippen molar-refractivity contribution in [3.63, 3.8) is 0 Å². The van der Waals surface area contributed by atoms with Gasteiger partial charge in [0, 0.05) is 0 Å². The minimum Gasteiger partial charge on any atom is -0.484 e. The lowest BCUT2D eigenvalue weighted by atomic mass is 10.1. The number of hydrogen-bond donors (Lipinski definition) is 1. The second-order valence-electron chi connectivity index (χ2n) is 5.55. The Balaban J connectivity index is 1.79. The van der Waals surface area contributed by atoms with E-state index in [1.165, 1.54) is 29.5 Å². The number of carbonyl (C=O) groups excluding carboxylic acids is 1. The number of hydrogen-bond acceptors (Lipinski definition) is 5. The summed E-state index contributed by atoms with van der Waals surface area (Å²) in [4.78, 5) is 15.9. The van der Waals surface area contributed by atoms with E-state index in [0.717, 1.165) is 12.1 Å². The van der Waals surface area contributed by atoms with E-state index in [0.29, 0.717) is 5.56 Å². The number of nitriles is 1. The van der Waals surface area contributed by atoms with Gasteiger partial charge in [-0.25, -0.2) is 9.67 Å². The summed E-state index contributed by atoms with van der Waals surface area (Å²) in [6.07, 6.45) is -2.06. The van der Waals surface area contributed by atoms with Crippen molar-refractivity contribution >= 4 is 11.6 Å². The molecule has 0 saturated heterocycles. The molecule has 10 heteroatoms. The SMILES string of the molecule is N#Cc1cccc(OCC(=O)Nc2cc(C(F)(F)F)ccc2-n2cncn2)c1. The molecule has 0 aliphatic carbocycles. The Labute approximate surface area is 157 Å². The van der Waals surface area contributed by atoms with Crippen LogP contribution in [0.5, 0.6) is 5.75 Å². The van der Waals surface area contributed by atoms with Crippen molar-refractivity contribution in [1.29, 1.82) is 5.26 Å². The van der Waals surface area contributed by atoms with E-state index >= 15 is 0 Å². The molecule has 0 aliphatic heterocycles. The first kappa shape index (κ1) is 18.9. The third-order valence-electron chi connectivity index (χ3n) is 3.60. The molecule has 0 radical (unpaired) electrons. The van der Waals surface area contributed by atoms with Crippen molar-refractivity contribution in [2.75, 3.05) is 11.9 Å². The van der Waals surface area contributed by atoms with Gasteiger partial charge in [0.05, 0.1) is 28.6 Å². The summed E-state index contributed by atoms with van der Waals surface area (Å²) in [5.41, 5.74) is -0.455. The van der Waals surface area contributed by atoms with Crippen LogP contribution in [0.25, 0.3) is 5.69 Å². The Morgan fingerprint density at radius 3 is 2.75 bits per heavy atom. The van der Waals surface area contributed by atoms with Gasteiger partial charge in [-0.1, -0.05) is 6.07 Å². The lowest BCUT2D eigenvalue weighted by molar-refractivity contribution is -0.137. The van der Waals surface area contributed by atoms with Crippen LogP contribution in [0.2, 0.25) is 0 Å². The molecule has 0 fully saturated rings. The van der Waals surface area contributed by atoms with Crippen LogP contribution in [0.1, 0.15) is 11.1 Å². The molecular weight excluding hydrogens is 375 g/mol. The second kappa shape index (κ2) is 7.79. The standard InChI is InChI=1S/C18H12F3N5O2/c19-18(20,21)13-4-5-16(26-11-23-10-24-26)15(7-13)25-17(27)9-28-14-3-1-2-12(6-14)8-22/h1-7,10-11H,9H2,(H,25,27). The predicted molar refractivity (Wildman–Crippen MR) is 91.6 cm³/mol. The Morgan fingerprint density at radius 1 is 1.25 bits per heavy atom. The molecule has 0 aliphatic rings. The summed E-state index contributed by atoms with van der Waals surface area (Å²) in [6.45, 7) is -0.456. The van der Waals surface area contributed by atoms with E-state index in [4.69, 9.17) is 10.00 Å². The van der Waals surface area contributed by atoms with Crippen molar-refractivity contribution in [2.45, 2.75) is 6.18 Å². The van der Waals surface area contributed by atoms with Crippen LogP contribution >= 0.6 is 0 Å². The highest BCUT2D eigenvalue weighted by atomic mass is 19.4. The van der Waals surface area contributed by atoms with Crippen molar-refractivity contribution in [3.05, 3.63) is 66.2 Å². The Morgan fingerprint density at radius 2 is 2.07 bits per heavy atom. The molecule has 1 heterocycles. The largest absolute Gasteiger partial charge is 0.484 e. The summed E-state index contributed by atoms with van der Waals surface area (Å²) in [5.74, 6) is -0.391. The predicted octanol–water partition coefficient (Wildman–Crippen LogP) is 3.18. The quantitative estimate of drug-likeness (QED) is 0.726. The molecule has 0 atom stereocenters. The van der Waals surface area contributed by atoms with Crippen molar-refractivity contribution in [3.8, 4) is 17.5 Å². The molecule has 1 amide bonds. The van der Waals surface area contributed by atoms with Crippen LogP contribution in [0.3, 0.4) is 0 Å². The van der Waals surface area contributed by atoms with Crippen LogP contribution in [0.4, 0.5) is 18.9 Å². The fraction of sp³-hybridized carbons (Fsp3) is 0.111. The van der Waals surface area contributed by atoms with Crippen LogP contribution in [0.15, 0.2) is 55.1 Å². The van der Waals surface area contributed by atoms with Gasteiger partial charge in [-0.2, -0.15) is 23.5 Å². The maximum atomic E-state index is 13.0. The molecule has 0 spiro atoms. The molecule has 142 valence electrons.